The Kier molecular flexibility index (Phi) is 6.69. The average Bonchev–Trinajstić information content (AvgIpc) is 3.04. The summed E-state index contributed by atoms with van der Waals surface area (Å²) in [4.78, 5) is 11.3. The Morgan fingerprint density at radius 1 is 1.30 bits per heavy atom. The maximum absolute atomic E-state index is 11.3. The Hall–Kier alpha value is -1.30. The summed E-state index contributed by atoms with van der Waals surface area (Å²) in [5.74, 6) is 0.810. The number of hydrogen-bond acceptors (Lipinski definition) is 4. The zero-order chi connectivity index (χ0) is 15.4. The lowest BCUT2D eigenvalue weighted by Gasteiger charge is -2.19. The summed E-state index contributed by atoms with van der Waals surface area (Å²) in [5, 5.41) is 16.2. The van der Waals surface area contributed by atoms with Crippen LogP contribution in [0.5, 0.6) is 5.75 Å². The summed E-state index contributed by atoms with van der Waals surface area (Å²) in [7, 11) is 0. The predicted molar refractivity (Wildman–Crippen MR) is 92.4 cm³/mol. The minimum atomic E-state index is -0.503. The second kappa shape index (κ2) is 8.52. The number of carbonyl (C=O) groups excluding carboxylic acids is 1. The summed E-state index contributed by atoms with van der Waals surface area (Å²) in [6.07, 6.45) is 5.76. The molecule has 0 bridgehead atoms. The molecule has 0 radical (unpaired) electrons. The van der Waals surface area contributed by atoms with E-state index < -0.39 is 6.10 Å². The highest BCUT2D eigenvalue weighted by atomic mass is 35.5. The van der Waals surface area contributed by atoms with Gasteiger partial charge in [-0.3, -0.25) is 4.79 Å². The minimum absolute atomic E-state index is 0. The van der Waals surface area contributed by atoms with Crippen molar-refractivity contribution in [1.82, 2.24) is 5.32 Å². The molecule has 1 amide bonds. The number of amides is 1. The molecule has 0 aromatic heterocycles. The molecule has 23 heavy (non-hydrogen) atoms. The number of anilines is 1. The normalized spacial score (nSPS) is 18.7. The summed E-state index contributed by atoms with van der Waals surface area (Å²) >= 11 is 0. The van der Waals surface area contributed by atoms with E-state index >= 15 is 0 Å². The number of halogens is 1. The Morgan fingerprint density at radius 2 is 2.09 bits per heavy atom. The van der Waals surface area contributed by atoms with Crippen molar-refractivity contribution in [2.45, 2.75) is 50.7 Å². The number of fused-ring (bicyclic) bond motifs is 1. The fraction of sp³-hybridized carbons (Fsp3) is 0.588. The highest BCUT2D eigenvalue weighted by Crippen LogP contribution is 2.26. The second-order valence-electron chi connectivity index (χ2n) is 6.22. The van der Waals surface area contributed by atoms with E-state index in [9.17, 15) is 9.90 Å². The second-order valence-corrected chi connectivity index (χ2v) is 6.22. The number of rotatable bonds is 6. The third kappa shape index (κ3) is 5.09. The van der Waals surface area contributed by atoms with Crippen molar-refractivity contribution in [1.29, 1.82) is 0 Å². The van der Waals surface area contributed by atoms with Crippen molar-refractivity contribution in [3.05, 3.63) is 23.8 Å². The lowest BCUT2D eigenvalue weighted by Crippen LogP contribution is -2.36. The van der Waals surface area contributed by atoms with Gasteiger partial charge in [0, 0.05) is 24.7 Å². The molecule has 3 rings (SSSR count). The van der Waals surface area contributed by atoms with Crippen LogP contribution in [-0.4, -0.2) is 36.3 Å². The first kappa shape index (κ1) is 18.0. The number of ether oxygens (including phenoxy) is 1. The van der Waals surface area contributed by atoms with Gasteiger partial charge in [0.15, 0.2) is 0 Å². The average molecular weight is 341 g/mol. The van der Waals surface area contributed by atoms with Gasteiger partial charge in [-0.25, -0.2) is 0 Å². The summed E-state index contributed by atoms with van der Waals surface area (Å²) in [5.41, 5.74) is 1.96. The van der Waals surface area contributed by atoms with Crippen LogP contribution in [0.1, 0.15) is 37.7 Å². The molecule has 2 aliphatic rings. The SMILES string of the molecule is Cl.O=C1CCc2cc(OCC(O)CNC3CCCC3)ccc2N1. The van der Waals surface area contributed by atoms with Crippen molar-refractivity contribution in [2.24, 2.45) is 0 Å². The Morgan fingerprint density at radius 3 is 2.87 bits per heavy atom. The first-order chi connectivity index (χ1) is 10.7. The van der Waals surface area contributed by atoms with E-state index in [1.807, 2.05) is 18.2 Å². The first-order valence-electron chi connectivity index (χ1n) is 8.18. The van der Waals surface area contributed by atoms with Gasteiger partial charge in [0.2, 0.25) is 5.91 Å². The molecule has 6 heteroatoms. The summed E-state index contributed by atoms with van der Waals surface area (Å²) in [6.45, 7) is 0.858. The highest BCUT2D eigenvalue weighted by molar-refractivity contribution is 5.93. The van der Waals surface area contributed by atoms with Crippen molar-refractivity contribution in [2.75, 3.05) is 18.5 Å². The van der Waals surface area contributed by atoms with Crippen LogP contribution in [0.3, 0.4) is 0 Å². The molecule has 1 aromatic rings. The van der Waals surface area contributed by atoms with Gasteiger partial charge in [-0.2, -0.15) is 0 Å². The van der Waals surface area contributed by atoms with Gasteiger partial charge >= 0.3 is 0 Å². The number of carbonyl (C=O) groups is 1. The molecule has 1 aliphatic carbocycles. The fourth-order valence-corrected chi connectivity index (χ4v) is 3.13. The van der Waals surface area contributed by atoms with Crippen molar-refractivity contribution < 1.29 is 14.6 Å². The number of benzene rings is 1. The summed E-state index contributed by atoms with van der Waals surface area (Å²) < 4.78 is 5.67. The largest absolute Gasteiger partial charge is 0.491 e. The van der Waals surface area contributed by atoms with Crippen molar-refractivity contribution in [3.8, 4) is 5.75 Å². The number of aliphatic hydroxyl groups excluding tert-OH is 1. The van der Waals surface area contributed by atoms with E-state index in [1.165, 1.54) is 25.7 Å². The Balaban J connectivity index is 0.00000192. The third-order valence-electron chi connectivity index (χ3n) is 4.41. The van der Waals surface area contributed by atoms with Gasteiger partial charge < -0.3 is 20.5 Å². The van der Waals surface area contributed by atoms with E-state index in [1.54, 1.807) is 0 Å². The van der Waals surface area contributed by atoms with Crippen LogP contribution in [0, 0.1) is 0 Å². The van der Waals surface area contributed by atoms with E-state index in [2.05, 4.69) is 10.6 Å². The zero-order valence-electron chi connectivity index (χ0n) is 13.2. The van der Waals surface area contributed by atoms with Crippen LogP contribution in [0.15, 0.2) is 18.2 Å². The van der Waals surface area contributed by atoms with Crippen molar-refractivity contribution in [3.63, 3.8) is 0 Å². The van der Waals surface area contributed by atoms with Crippen LogP contribution >= 0.6 is 12.4 Å². The van der Waals surface area contributed by atoms with E-state index in [0.29, 0.717) is 19.0 Å². The zero-order valence-corrected chi connectivity index (χ0v) is 14.0. The quantitative estimate of drug-likeness (QED) is 0.743. The van der Waals surface area contributed by atoms with E-state index in [-0.39, 0.29) is 24.9 Å². The Labute approximate surface area is 143 Å². The summed E-state index contributed by atoms with van der Waals surface area (Å²) in [6, 6.07) is 6.21. The molecular weight excluding hydrogens is 316 g/mol. The fourth-order valence-electron chi connectivity index (χ4n) is 3.13. The highest BCUT2D eigenvalue weighted by Gasteiger charge is 2.17. The van der Waals surface area contributed by atoms with Crippen LogP contribution in [0.2, 0.25) is 0 Å². The van der Waals surface area contributed by atoms with E-state index in [0.717, 1.165) is 23.4 Å². The monoisotopic (exact) mass is 340 g/mol. The molecule has 1 unspecified atom stereocenters. The van der Waals surface area contributed by atoms with Crippen LogP contribution < -0.4 is 15.4 Å². The van der Waals surface area contributed by atoms with Crippen LogP contribution in [0.4, 0.5) is 5.69 Å². The molecule has 0 saturated heterocycles. The van der Waals surface area contributed by atoms with Gasteiger partial charge in [-0.1, -0.05) is 12.8 Å². The Bertz CT molecular complexity index is 533. The molecule has 1 aromatic carbocycles. The van der Waals surface area contributed by atoms with Crippen molar-refractivity contribution >= 4 is 24.0 Å². The van der Waals surface area contributed by atoms with Gasteiger partial charge in [0.25, 0.3) is 0 Å². The number of nitrogens with one attached hydrogen (secondary N) is 2. The predicted octanol–water partition coefficient (Wildman–Crippen LogP) is 2.26. The number of aryl methyl sites for hydroxylation is 1. The topological polar surface area (TPSA) is 70.6 Å². The number of aliphatic hydroxyl groups is 1. The molecule has 0 spiro atoms. The molecule has 1 saturated carbocycles. The van der Waals surface area contributed by atoms with Gasteiger partial charge in [-0.15, -0.1) is 12.4 Å². The molecule has 1 fully saturated rings. The van der Waals surface area contributed by atoms with Crippen LogP contribution in [0.25, 0.3) is 0 Å². The molecule has 5 nitrogen and oxygen atoms in total. The maximum Gasteiger partial charge on any atom is 0.224 e. The van der Waals surface area contributed by atoms with Gasteiger partial charge in [0.1, 0.15) is 18.5 Å². The number of hydrogen-bond donors (Lipinski definition) is 3. The molecule has 1 heterocycles. The molecule has 128 valence electrons. The lowest BCUT2D eigenvalue weighted by molar-refractivity contribution is -0.116. The first-order valence-corrected chi connectivity index (χ1v) is 8.18. The lowest BCUT2D eigenvalue weighted by atomic mass is 10.0. The molecule has 1 aliphatic heterocycles. The minimum Gasteiger partial charge on any atom is -0.491 e. The van der Waals surface area contributed by atoms with Crippen LogP contribution in [-0.2, 0) is 11.2 Å². The molecule has 1 atom stereocenters. The standard InChI is InChI=1S/C17H24N2O3.ClH/c20-14(10-18-13-3-1-2-4-13)11-22-15-6-7-16-12(9-15)5-8-17(21)19-16;/h6-7,9,13-14,18,20H,1-5,8,10-11H2,(H,19,21);1H. The smallest absolute Gasteiger partial charge is 0.224 e. The van der Waals surface area contributed by atoms with E-state index in [4.69, 9.17) is 4.74 Å². The molecular formula is C17H25ClN2O3. The maximum atomic E-state index is 11.3. The third-order valence-corrected chi connectivity index (χ3v) is 4.41. The van der Waals surface area contributed by atoms with Gasteiger partial charge in [0.05, 0.1) is 0 Å². The molecule has 3 N–H and O–H groups in total. The van der Waals surface area contributed by atoms with Gasteiger partial charge in [-0.05, 0) is 43.0 Å².